The van der Waals surface area contributed by atoms with Crippen molar-refractivity contribution in [2.45, 2.75) is 45.3 Å². The average Bonchev–Trinajstić information content (AvgIpc) is 3.95. The van der Waals surface area contributed by atoms with E-state index in [1.165, 1.54) is 0 Å². The molecule has 0 spiro atoms. The van der Waals surface area contributed by atoms with Crippen LogP contribution in [0.2, 0.25) is 0 Å². The zero-order valence-electron chi connectivity index (χ0n) is 31.3. The number of allylic oxidation sites excluding steroid dienone is 9. The molecular formula is C43H35N7O6S. The third-order valence-electron chi connectivity index (χ3n) is 11.2. The summed E-state index contributed by atoms with van der Waals surface area (Å²) >= 11 is 1.11. The predicted octanol–water partition coefficient (Wildman–Crippen LogP) is 6.10. The molecular weight excluding hydrogens is 743 g/mol. The average molecular weight is 778 g/mol. The van der Waals surface area contributed by atoms with Gasteiger partial charge in [0.25, 0.3) is 0 Å². The van der Waals surface area contributed by atoms with E-state index in [0.29, 0.717) is 56.4 Å². The molecule has 0 radical (unpaired) electrons. The molecule has 3 aromatic heterocycles. The summed E-state index contributed by atoms with van der Waals surface area (Å²) in [6, 6.07) is 3.49. The van der Waals surface area contributed by atoms with Crippen molar-refractivity contribution in [2.24, 2.45) is 29.6 Å². The summed E-state index contributed by atoms with van der Waals surface area (Å²) in [7, 11) is 0. The van der Waals surface area contributed by atoms with Crippen LogP contribution in [0.1, 0.15) is 85.3 Å². The van der Waals surface area contributed by atoms with Gasteiger partial charge in [0, 0.05) is 68.0 Å². The largest absolute Gasteiger partial charge is 0.340 e. The van der Waals surface area contributed by atoms with Crippen LogP contribution >= 0.6 is 11.8 Å². The number of hydrogen-bond acceptors (Lipinski definition) is 12. The van der Waals surface area contributed by atoms with Gasteiger partial charge in [-0.05, 0) is 31.1 Å². The van der Waals surface area contributed by atoms with Crippen LogP contribution in [0.5, 0.6) is 0 Å². The van der Waals surface area contributed by atoms with Crippen LogP contribution in [-0.2, 0) is 28.8 Å². The standard InChI is InChI=1S/C43H35N7O6S/c1-17(2)6-9-23(30(53)16-51)27-13-22-14-28-32-19(4)43(56)57-20(5)33(32)40(45-28)49-42-35-25-11-10-24(36(54)37(25)55)34(35)41(50-42)47-31-15-26(38(46-31)48-39(27)44-22)21-8-7-18(3)29(52)12-21/h6-11,13-18,20-21,23-25H,4,12H2,1-3,5H3,(H2,44,45,46,47,48,49,50)/b9-6-. The number of nitrogens with one attached hydrogen (secondary N) is 2. The fourth-order valence-electron chi connectivity index (χ4n) is 8.28. The minimum atomic E-state index is -0.998. The van der Waals surface area contributed by atoms with Crippen molar-refractivity contribution in [3.63, 3.8) is 0 Å². The highest BCUT2D eigenvalue weighted by molar-refractivity contribution is 8.15. The molecule has 13 nitrogen and oxygen atoms in total. The van der Waals surface area contributed by atoms with Crippen molar-refractivity contribution in [2.75, 3.05) is 0 Å². The van der Waals surface area contributed by atoms with Gasteiger partial charge in [-0.15, -0.1) is 0 Å². The monoisotopic (exact) mass is 777 g/mol. The maximum atomic E-state index is 13.3. The molecule has 284 valence electrons. The van der Waals surface area contributed by atoms with Gasteiger partial charge in [0.1, 0.15) is 17.1 Å². The van der Waals surface area contributed by atoms with Crippen LogP contribution in [0.4, 0.5) is 0 Å². The normalized spacial score (nSPS) is 24.4. The van der Waals surface area contributed by atoms with E-state index in [2.05, 4.69) is 16.5 Å². The zero-order chi connectivity index (χ0) is 40.0. The van der Waals surface area contributed by atoms with E-state index in [9.17, 15) is 28.8 Å². The molecule has 0 amide bonds. The molecule has 3 aliphatic heterocycles. The first-order chi connectivity index (χ1) is 27.3. The van der Waals surface area contributed by atoms with Gasteiger partial charge >= 0.3 is 0 Å². The van der Waals surface area contributed by atoms with E-state index in [1.54, 1.807) is 36.4 Å². The molecule has 3 aromatic rings. The van der Waals surface area contributed by atoms with Crippen LogP contribution in [0.15, 0.2) is 55.2 Å². The van der Waals surface area contributed by atoms with E-state index in [-0.39, 0.29) is 68.9 Å². The second-order valence-electron chi connectivity index (χ2n) is 15.3. The van der Waals surface area contributed by atoms with Gasteiger partial charge in [0.2, 0.25) is 22.5 Å². The quantitative estimate of drug-likeness (QED) is 0.126. The van der Waals surface area contributed by atoms with Crippen molar-refractivity contribution in [1.29, 1.82) is 0 Å². The van der Waals surface area contributed by atoms with E-state index in [1.807, 2.05) is 45.9 Å². The summed E-state index contributed by atoms with van der Waals surface area (Å²) in [5.74, 6) is -4.33. The number of aldehydes is 1. The number of nitrogens with zero attached hydrogens (tertiary/aromatic N) is 5. The maximum Gasteiger partial charge on any atom is 0.220 e. The lowest BCUT2D eigenvalue weighted by Crippen LogP contribution is -2.38. The summed E-state index contributed by atoms with van der Waals surface area (Å²) in [5, 5.41) is -0.549. The number of aromatic amines is 2. The molecule has 2 N–H and O–H groups in total. The Morgan fingerprint density at radius 1 is 0.860 bits per heavy atom. The second-order valence-corrected chi connectivity index (χ2v) is 16.6. The second kappa shape index (κ2) is 13.4. The minimum Gasteiger partial charge on any atom is -0.340 e. The van der Waals surface area contributed by atoms with Gasteiger partial charge in [-0.1, -0.05) is 75.6 Å². The summed E-state index contributed by atoms with van der Waals surface area (Å²) in [5.41, 5.74) is 5.08. The predicted molar refractivity (Wildman–Crippen MR) is 214 cm³/mol. The van der Waals surface area contributed by atoms with Crippen LogP contribution in [0.3, 0.4) is 0 Å². The Bertz CT molecular complexity index is 2780. The highest BCUT2D eigenvalue weighted by Gasteiger charge is 2.48. The summed E-state index contributed by atoms with van der Waals surface area (Å²) in [6.45, 7) is 11.8. The highest BCUT2D eigenvalue weighted by Crippen LogP contribution is 2.49. The summed E-state index contributed by atoms with van der Waals surface area (Å²) in [4.78, 5) is 109. The molecule has 6 atom stereocenters. The van der Waals surface area contributed by atoms with E-state index < -0.39 is 41.0 Å². The number of carbonyl (C=O) groups is 6. The number of thioether (sulfide) groups is 1. The number of aromatic nitrogens is 7. The van der Waals surface area contributed by atoms with Crippen molar-refractivity contribution >= 4 is 97.0 Å². The topological polar surface area (TPSA) is 198 Å². The van der Waals surface area contributed by atoms with Crippen LogP contribution < -0.4 is 0 Å². The van der Waals surface area contributed by atoms with Gasteiger partial charge in [0.15, 0.2) is 29.6 Å². The number of rotatable bonds is 6. The molecule has 0 saturated carbocycles. The Morgan fingerprint density at radius 2 is 1.54 bits per heavy atom. The van der Waals surface area contributed by atoms with Gasteiger partial charge in [-0.2, -0.15) is 0 Å². The number of fused-ring (bicyclic) bond motifs is 12. The van der Waals surface area contributed by atoms with Gasteiger partial charge in [-0.25, -0.2) is 24.9 Å². The van der Waals surface area contributed by atoms with Crippen molar-refractivity contribution in [1.82, 2.24) is 34.9 Å². The summed E-state index contributed by atoms with van der Waals surface area (Å²) < 4.78 is 0. The molecule has 4 aliphatic carbocycles. The Morgan fingerprint density at radius 3 is 2.23 bits per heavy atom. The van der Waals surface area contributed by atoms with Crippen LogP contribution in [-0.4, -0.2) is 69.4 Å². The Labute approximate surface area is 329 Å². The van der Waals surface area contributed by atoms with E-state index in [4.69, 9.17) is 24.9 Å². The Kier molecular flexibility index (Phi) is 8.57. The van der Waals surface area contributed by atoms with Gasteiger partial charge in [0.05, 0.1) is 23.3 Å². The number of carbonyl (C=O) groups excluding carboxylic acids is 6. The minimum absolute atomic E-state index is 0.0460. The molecule has 0 fully saturated rings. The lowest BCUT2D eigenvalue weighted by Gasteiger charge is -2.29. The first-order valence-electron chi connectivity index (χ1n) is 18.7. The molecule has 14 heteroatoms. The lowest BCUT2D eigenvalue weighted by molar-refractivity contribution is -0.138. The number of hydrogen-bond donors (Lipinski definition) is 2. The highest BCUT2D eigenvalue weighted by atomic mass is 32.2. The molecule has 10 rings (SSSR count). The fraction of sp³-hybridized carbons (Fsp3) is 0.279. The van der Waals surface area contributed by atoms with E-state index >= 15 is 0 Å². The van der Waals surface area contributed by atoms with Crippen LogP contribution in [0.25, 0.3) is 50.7 Å². The molecule has 6 heterocycles. The first kappa shape index (κ1) is 36.4. The van der Waals surface area contributed by atoms with Gasteiger partial charge in [-0.3, -0.25) is 28.8 Å². The van der Waals surface area contributed by atoms with Crippen LogP contribution in [0, 0.1) is 29.6 Å². The summed E-state index contributed by atoms with van der Waals surface area (Å²) in [6.07, 6.45) is 12.9. The smallest absolute Gasteiger partial charge is 0.220 e. The third kappa shape index (κ3) is 5.88. The molecule has 6 unspecified atom stereocenters. The number of ketones is 4. The van der Waals surface area contributed by atoms with Gasteiger partial charge < -0.3 is 9.97 Å². The third-order valence-corrected chi connectivity index (χ3v) is 12.2. The van der Waals surface area contributed by atoms with Crippen molar-refractivity contribution < 1.29 is 28.8 Å². The lowest BCUT2D eigenvalue weighted by atomic mass is 9.70. The zero-order valence-corrected chi connectivity index (χ0v) is 32.1. The maximum absolute atomic E-state index is 13.3. The molecule has 7 aliphatic rings. The Hall–Kier alpha value is -6.28. The molecule has 0 aromatic carbocycles. The molecule has 57 heavy (non-hydrogen) atoms. The number of Topliss-reactive ketones (excluding diaryl/α,β-unsaturated/α-hetero) is 4. The first-order valence-corrected chi connectivity index (χ1v) is 19.6. The molecule has 0 saturated heterocycles. The van der Waals surface area contributed by atoms with E-state index in [0.717, 1.165) is 11.8 Å². The Balaban J connectivity index is 1.41. The SMILES string of the molecule is C=C1C(=O)SC(C)c2c1c1cc3cc(C(/C=C\C(C)C)C(=O)C=O)c(nc4nc(nc5nc(nc2[nH]1)C1=C5C2C=CC1C(=O)C2=O)C=C4C1C=CC(C)C(=O)C1)[nH]3. The molecule has 10 bridgehead atoms. The van der Waals surface area contributed by atoms with Crippen molar-refractivity contribution in [3.8, 4) is 0 Å². The number of H-pyrrole nitrogens is 2. The fourth-order valence-corrected chi connectivity index (χ4v) is 9.19. The van der Waals surface area contributed by atoms with Crippen molar-refractivity contribution in [3.05, 3.63) is 95.2 Å².